The van der Waals surface area contributed by atoms with Crippen LogP contribution in [0.15, 0.2) is 36.9 Å². The summed E-state index contributed by atoms with van der Waals surface area (Å²) < 4.78 is 14.7. The van der Waals surface area contributed by atoms with E-state index in [4.69, 9.17) is 0 Å². The summed E-state index contributed by atoms with van der Waals surface area (Å²) in [5, 5.41) is 13.9. The first-order valence-corrected chi connectivity index (χ1v) is 8.60. The van der Waals surface area contributed by atoms with Crippen LogP contribution in [-0.2, 0) is 11.2 Å². The lowest BCUT2D eigenvalue weighted by atomic mass is 9.73. The van der Waals surface area contributed by atoms with Gasteiger partial charge in [0.2, 0.25) is 0 Å². The Morgan fingerprint density at radius 1 is 1.28 bits per heavy atom. The highest BCUT2D eigenvalue weighted by atomic mass is 19.1. The van der Waals surface area contributed by atoms with E-state index in [-0.39, 0.29) is 11.6 Å². The lowest BCUT2D eigenvalue weighted by Gasteiger charge is -2.29. The molecule has 6 heteroatoms. The normalized spacial score (nSPS) is 12.6. The van der Waals surface area contributed by atoms with Crippen molar-refractivity contribution >= 4 is 5.78 Å². The third-order valence-corrected chi connectivity index (χ3v) is 4.44. The van der Waals surface area contributed by atoms with Crippen LogP contribution in [0.5, 0.6) is 0 Å². The first-order chi connectivity index (χ1) is 12.1. The summed E-state index contributed by atoms with van der Waals surface area (Å²) in [6.45, 7) is 3.94. The van der Waals surface area contributed by atoms with Gasteiger partial charge in [-0.2, -0.15) is 10.4 Å². The first-order valence-electron chi connectivity index (χ1n) is 8.60. The number of hydrogen-bond donors (Lipinski definition) is 0. The summed E-state index contributed by atoms with van der Waals surface area (Å²) in [5.41, 5.74) is -0.213. The second-order valence-electron chi connectivity index (χ2n) is 6.28. The zero-order valence-electron chi connectivity index (χ0n) is 14.7. The molecule has 1 atom stereocenters. The van der Waals surface area contributed by atoms with E-state index < -0.39 is 11.5 Å². The molecule has 0 N–H and O–H groups in total. The molecule has 132 valence electrons. The number of rotatable bonds is 9. The van der Waals surface area contributed by atoms with Gasteiger partial charge in [-0.25, -0.2) is 14.1 Å². The van der Waals surface area contributed by atoms with E-state index in [0.717, 1.165) is 18.4 Å². The fraction of sp³-hybridized carbons (Fsp3) is 0.474. The Morgan fingerprint density at radius 3 is 2.40 bits per heavy atom. The fourth-order valence-electron chi connectivity index (χ4n) is 3.24. The van der Waals surface area contributed by atoms with Crippen molar-refractivity contribution in [3.8, 4) is 6.07 Å². The molecule has 0 saturated heterocycles. The van der Waals surface area contributed by atoms with Crippen LogP contribution >= 0.6 is 0 Å². The molecule has 25 heavy (non-hydrogen) atoms. The van der Waals surface area contributed by atoms with Gasteiger partial charge in [0.1, 0.15) is 29.9 Å². The Morgan fingerprint density at radius 2 is 1.92 bits per heavy atom. The minimum Gasteiger partial charge on any atom is -0.295 e. The molecule has 0 fully saturated rings. The van der Waals surface area contributed by atoms with E-state index in [2.05, 4.69) is 16.2 Å². The van der Waals surface area contributed by atoms with Gasteiger partial charge in [-0.1, -0.05) is 38.8 Å². The van der Waals surface area contributed by atoms with Crippen molar-refractivity contribution in [3.63, 3.8) is 0 Å². The average molecular weight is 342 g/mol. The van der Waals surface area contributed by atoms with E-state index in [1.54, 1.807) is 12.1 Å². The number of carbonyl (C=O) groups excluding carboxylic acids is 1. The predicted molar refractivity (Wildman–Crippen MR) is 92.0 cm³/mol. The number of Topliss-reactive ketones (excluding diaryl/α,β-unsaturated/α-hetero) is 1. The summed E-state index contributed by atoms with van der Waals surface area (Å²) in [7, 11) is 0. The van der Waals surface area contributed by atoms with Crippen LogP contribution in [0.25, 0.3) is 0 Å². The van der Waals surface area contributed by atoms with Gasteiger partial charge in [0.05, 0.1) is 6.07 Å². The maximum absolute atomic E-state index is 13.4. The number of nitriles is 1. The van der Waals surface area contributed by atoms with Crippen molar-refractivity contribution in [1.29, 1.82) is 5.26 Å². The topological polar surface area (TPSA) is 71.6 Å². The van der Waals surface area contributed by atoms with Crippen LogP contribution in [0.3, 0.4) is 0 Å². The number of benzene rings is 1. The van der Waals surface area contributed by atoms with E-state index in [1.807, 2.05) is 13.8 Å². The molecule has 0 aliphatic carbocycles. The lowest BCUT2D eigenvalue weighted by molar-refractivity contribution is -0.130. The van der Waals surface area contributed by atoms with E-state index in [0.29, 0.717) is 19.3 Å². The van der Waals surface area contributed by atoms with Gasteiger partial charge < -0.3 is 0 Å². The van der Waals surface area contributed by atoms with Crippen molar-refractivity contribution < 1.29 is 9.18 Å². The van der Waals surface area contributed by atoms with Crippen molar-refractivity contribution in [2.45, 2.75) is 52.0 Å². The number of carbonyl (C=O) groups is 1. The Kier molecular flexibility index (Phi) is 6.40. The molecule has 0 aliphatic rings. The Labute approximate surface area is 147 Å². The molecule has 2 rings (SSSR count). The average Bonchev–Trinajstić information content (AvgIpc) is 3.14. The maximum Gasteiger partial charge on any atom is 0.177 e. The SMILES string of the molecule is CCCC(C#N)(CCC)C(=O)C(Cc1ccc(F)cc1)n1cncn1. The van der Waals surface area contributed by atoms with Crippen LogP contribution in [0.2, 0.25) is 0 Å². The van der Waals surface area contributed by atoms with Crippen molar-refractivity contribution in [2.24, 2.45) is 5.41 Å². The third kappa shape index (κ3) is 4.30. The maximum atomic E-state index is 13.4. The molecular weight excluding hydrogens is 319 g/mol. The monoisotopic (exact) mass is 342 g/mol. The number of aromatic nitrogens is 3. The summed E-state index contributed by atoms with van der Waals surface area (Å²) >= 11 is 0. The highest BCUT2D eigenvalue weighted by Crippen LogP contribution is 2.35. The van der Waals surface area contributed by atoms with Crippen LogP contribution < -0.4 is 0 Å². The van der Waals surface area contributed by atoms with Gasteiger partial charge in [-0.3, -0.25) is 4.79 Å². The quantitative estimate of drug-likeness (QED) is 0.693. The molecular formula is C19H23FN4O. The molecule has 0 aliphatic heterocycles. The molecule has 5 nitrogen and oxygen atoms in total. The van der Waals surface area contributed by atoms with Gasteiger partial charge in [0, 0.05) is 6.42 Å². The van der Waals surface area contributed by atoms with E-state index in [1.165, 1.54) is 29.5 Å². The molecule has 0 radical (unpaired) electrons. The van der Waals surface area contributed by atoms with Crippen molar-refractivity contribution in [3.05, 3.63) is 48.3 Å². The Bertz CT molecular complexity index is 713. The molecule has 2 aromatic rings. The van der Waals surface area contributed by atoms with Gasteiger partial charge >= 0.3 is 0 Å². The largest absolute Gasteiger partial charge is 0.295 e. The summed E-state index contributed by atoms with van der Waals surface area (Å²) in [6.07, 6.45) is 5.75. The highest BCUT2D eigenvalue weighted by Gasteiger charge is 2.42. The lowest BCUT2D eigenvalue weighted by Crippen LogP contribution is -2.37. The second kappa shape index (κ2) is 8.52. The van der Waals surface area contributed by atoms with Crippen LogP contribution in [0.1, 0.15) is 51.1 Å². The minimum absolute atomic E-state index is 0.145. The molecule has 0 bridgehead atoms. The summed E-state index contributed by atoms with van der Waals surface area (Å²) in [6, 6.07) is 7.69. The second-order valence-corrected chi connectivity index (χ2v) is 6.28. The zero-order chi connectivity index (χ0) is 18.3. The number of hydrogen-bond acceptors (Lipinski definition) is 4. The van der Waals surface area contributed by atoms with E-state index in [9.17, 15) is 14.4 Å². The molecule has 1 unspecified atom stereocenters. The van der Waals surface area contributed by atoms with Crippen molar-refractivity contribution in [1.82, 2.24) is 14.8 Å². The molecule has 1 heterocycles. The van der Waals surface area contributed by atoms with Gasteiger partial charge in [0.15, 0.2) is 5.78 Å². The highest BCUT2D eigenvalue weighted by molar-refractivity contribution is 5.91. The predicted octanol–water partition coefficient (Wildman–Crippen LogP) is 3.88. The Hall–Kier alpha value is -2.55. The van der Waals surface area contributed by atoms with Crippen molar-refractivity contribution in [2.75, 3.05) is 0 Å². The number of nitrogens with zero attached hydrogens (tertiary/aromatic N) is 4. The molecule has 0 amide bonds. The molecule has 1 aromatic heterocycles. The minimum atomic E-state index is -1.03. The van der Waals surface area contributed by atoms with Crippen LogP contribution in [0.4, 0.5) is 4.39 Å². The molecule has 1 aromatic carbocycles. The zero-order valence-corrected chi connectivity index (χ0v) is 14.7. The van der Waals surface area contributed by atoms with Gasteiger partial charge in [0.25, 0.3) is 0 Å². The van der Waals surface area contributed by atoms with E-state index >= 15 is 0 Å². The fourth-order valence-corrected chi connectivity index (χ4v) is 3.24. The Balaban J connectivity index is 2.38. The third-order valence-electron chi connectivity index (χ3n) is 4.44. The first kappa shape index (κ1) is 18.8. The standard InChI is InChI=1S/C19H23FN4O/c1-3-9-19(12-21,10-4-2)18(25)17(24-14-22-13-23-24)11-15-5-7-16(20)8-6-15/h5-8,13-14,17H,3-4,9-11H2,1-2H3. The van der Waals surface area contributed by atoms with Gasteiger partial charge in [-0.15, -0.1) is 0 Å². The van der Waals surface area contributed by atoms with Crippen LogP contribution in [0, 0.1) is 22.6 Å². The molecule has 0 saturated carbocycles. The number of ketones is 1. The molecule has 0 spiro atoms. The number of halogens is 1. The summed E-state index contributed by atoms with van der Waals surface area (Å²) in [4.78, 5) is 17.3. The van der Waals surface area contributed by atoms with Crippen LogP contribution in [-0.4, -0.2) is 20.5 Å². The smallest absolute Gasteiger partial charge is 0.177 e. The summed E-state index contributed by atoms with van der Waals surface area (Å²) in [5.74, 6) is -0.468. The van der Waals surface area contributed by atoms with Gasteiger partial charge in [-0.05, 0) is 30.5 Å².